The maximum Gasteiger partial charge on any atom is 0.118 e. The fourth-order valence-electron chi connectivity index (χ4n) is 9.47. The van der Waals surface area contributed by atoms with E-state index in [1.54, 1.807) is 7.11 Å². The predicted molar refractivity (Wildman–Crippen MR) is 244 cm³/mol. The Bertz CT molecular complexity index is 3260. The first-order valence-electron chi connectivity index (χ1n) is 20.3. The molecule has 0 unspecified atom stereocenters. The number of para-hydroxylation sites is 2. The molecule has 4 nitrogen and oxygen atoms in total. The molecule has 1 aliphatic rings. The Morgan fingerprint density at radius 1 is 0.525 bits per heavy atom. The van der Waals surface area contributed by atoms with E-state index >= 15 is 0 Å². The van der Waals surface area contributed by atoms with Crippen LogP contribution in [-0.4, -0.2) is 21.8 Å². The lowest BCUT2D eigenvalue weighted by atomic mass is 9.82. The van der Waals surface area contributed by atoms with Gasteiger partial charge in [0.05, 0.1) is 30.4 Å². The van der Waals surface area contributed by atoms with Crippen LogP contribution in [0.25, 0.3) is 105 Å². The summed E-state index contributed by atoms with van der Waals surface area (Å²) in [6, 6.07) is 63.4. The number of aliphatic hydroxyl groups is 1. The first-order chi connectivity index (χ1) is 29.1. The van der Waals surface area contributed by atoms with Crippen LogP contribution in [0.3, 0.4) is 0 Å². The molecule has 0 fully saturated rings. The second-order valence-corrected chi connectivity index (χ2v) is 15.4. The van der Waals surface area contributed by atoms with E-state index in [0.717, 1.165) is 68.1 Å². The van der Waals surface area contributed by atoms with Crippen molar-refractivity contribution in [1.82, 2.24) is 9.55 Å². The highest BCUT2D eigenvalue weighted by Crippen LogP contribution is 2.57. The standard InChI is InChI=1S/C55H40N2O2/c1-3-51-56-48-20-4-5-21-50(48)57(51)49-22-10-16-42-41(15-9-17-43(42)49)38-13-6-14-39(31-38)47-32-46(35-25-23-34(33-58)24-26-35)54-44-18-7-11-36-12-8-19-45(52(36)44)55(54)53(47)37-27-29-40(59-2)30-28-37/h4-32,58H,3,33H2,1-2H3. The number of fused-ring (bicyclic) bond motifs is 5. The Labute approximate surface area is 343 Å². The molecule has 0 amide bonds. The Balaban J connectivity index is 1.17. The zero-order valence-electron chi connectivity index (χ0n) is 32.9. The number of hydrogen-bond donors (Lipinski definition) is 1. The number of aliphatic hydroxyl groups excluding tert-OH is 1. The average molecular weight is 761 g/mol. The van der Waals surface area contributed by atoms with Gasteiger partial charge in [0.1, 0.15) is 11.6 Å². The molecule has 0 saturated heterocycles. The molecule has 0 spiro atoms. The Morgan fingerprint density at radius 2 is 1.17 bits per heavy atom. The minimum Gasteiger partial charge on any atom is -0.497 e. The third-order valence-corrected chi connectivity index (χ3v) is 12.2. The number of aryl methyl sites for hydroxylation is 1. The first kappa shape index (κ1) is 34.9. The van der Waals surface area contributed by atoms with Gasteiger partial charge in [0.15, 0.2) is 0 Å². The van der Waals surface area contributed by atoms with Gasteiger partial charge in [-0.2, -0.15) is 0 Å². The Hall–Kier alpha value is -7.27. The maximum absolute atomic E-state index is 9.97. The third kappa shape index (κ3) is 5.52. The predicted octanol–water partition coefficient (Wildman–Crippen LogP) is 13.7. The van der Waals surface area contributed by atoms with Crippen molar-refractivity contribution >= 4 is 32.6 Å². The van der Waals surface area contributed by atoms with Gasteiger partial charge in [-0.25, -0.2) is 4.98 Å². The zero-order chi connectivity index (χ0) is 39.6. The van der Waals surface area contributed by atoms with Crippen LogP contribution in [0.2, 0.25) is 0 Å². The van der Waals surface area contributed by atoms with E-state index in [1.165, 1.54) is 60.5 Å². The number of benzene rings is 9. The molecule has 0 atom stereocenters. The SMILES string of the molecule is CCc1nc2ccccc2n1-c1cccc2c(-c3cccc(-c4cc(-c5ccc(CO)cc5)c5c(c4-c4ccc(OC)cc4)-c4cccc6cccc-5c46)c3)cccc12. The van der Waals surface area contributed by atoms with Gasteiger partial charge < -0.3 is 9.84 Å². The van der Waals surface area contributed by atoms with Gasteiger partial charge in [-0.3, -0.25) is 4.57 Å². The highest BCUT2D eigenvalue weighted by Gasteiger charge is 2.30. The van der Waals surface area contributed by atoms with Crippen LogP contribution in [0, 0.1) is 0 Å². The molecule has 1 heterocycles. The number of aromatic nitrogens is 2. The molecular weight excluding hydrogens is 721 g/mol. The molecule has 9 aromatic carbocycles. The van der Waals surface area contributed by atoms with E-state index in [1.807, 2.05) is 12.1 Å². The molecule has 4 heteroatoms. The minimum absolute atomic E-state index is 0.00588. The minimum atomic E-state index is 0.00588. The number of hydrogen-bond acceptors (Lipinski definition) is 3. The van der Waals surface area contributed by atoms with Crippen molar-refractivity contribution < 1.29 is 9.84 Å². The van der Waals surface area contributed by atoms with E-state index < -0.39 is 0 Å². The Kier molecular flexibility index (Phi) is 8.28. The molecule has 0 radical (unpaired) electrons. The highest BCUT2D eigenvalue weighted by molar-refractivity contribution is 6.22. The lowest BCUT2D eigenvalue weighted by Gasteiger charge is -2.21. The van der Waals surface area contributed by atoms with Crippen LogP contribution in [0.15, 0.2) is 176 Å². The fourth-order valence-corrected chi connectivity index (χ4v) is 9.47. The van der Waals surface area contributed by atoms with Gasteiger partial charge in [0, 0.05) is 11.8 Å². The van der Waals surface area contributed by atoms with Gasteiger partial charge in [0.25, 0.3) is 0 Å². The molecule has 0 aliphatic heterocycles. The van der Waals surface area contributed by atoms with Crippen LogP contribution in [-0.2, 0) is 13.0 Å². The first-order valence-corrected chi connectivity index (χ1v) is 20.3. The third-order valence-electron chi connectivity index (χ3n) is 12.2. The summed E-state index contributed by atoms with van der Waals surface area (Å²) in [5.74, 6) is 1.87. The van der Waals surface area contributed by atoms with Gasteiger partial charge >= 0.3 is 0 Å². The quantitative estimate of drug-likeness (QED) is 0.168. The summed E-state index contributed by atoms with van der Waals surface area (Å²) in [4.78, 5) is 5.02. The Morgan fingerprint density at radius 3 is 1.93 bits per heavy atom. The monoisotopic (exact) mass is 760 g/mol. The summed E-state index contributed by atoms with van der Waals surface area (Å²) in [6.07, 6.45) is 0.831. The molecule has 1 N–H and O–H groups in total. The van der Waals surface area contributed by atoms with E-state index in [0.29, 0.717) is 0 Å². The summed E-state index contributed by atoms with van der Waals surface area (Å²) in [6.45, 7) is 2.18. The number of nitrogens with zero attached hydrogens (tertiary/aromatic N) is 2. The smallest absolute Gasteiger partial charge is 0.118 e. The topological polar surface area (TPSA) is 47.3 Å². The molecule has 10 aromatic rings. The van der Waals surface area contributed by atoms with Crippen molar-refractivity contribution in [2.24, 2.45) is 0 Å². The molecule has 1 aromatic heterocycles. The zero-order valence-corrected chi connectivity index (χ0v) is 32.9. The second-order valence-electron chi connectivity index (χ2n) is 15.4. The average Bonchev–Trinajstić information content (AvgIpc) is 3.85. The fraction of sp³-hybridized carbons (Fsp3) is 0.0727. The molecule has 0 bridgehead atoms. The summed E-state index contributed by atoms with van der Waals surface area (Å²) in [5, 5.41) is 14.9. The van der Waals surface area contributed by atoms with Crippen LogP contribution < -0.4 is 4.74 Å². The van der Waals surface area contributed by atoms with Crippen molar-refractivity contribution in [3.8, 4) is 78.2 Å². The molecule has 59 heavy (non-hydrogen) atoms. The van der Waals surface area contributed by atoms with Crippen molar-refractivity contribution in [3.05, 3.63) is 187 Å². The number of methoxy groups -OCH3 is 1. The van der Waals surface area contributed by atoms with Crippen LogP contribution >= 0.6 is 0 Å². The van der Waals surface area contributed by atoms with Crippen LogP contribution in [0.5, 0.6) is 5.75 Å². The largest absolute Gasteiger partial charge is 0.497 e. The van der Waals surface area contributed by atoms with Gasteiger partial charge in [-0.1, -0.05) is 140 Å². The van der Waals surface area contributed by atoms with Crippen LogP contribution in [0.1, 0.15) is 18.3 Å². The van der Waals surface area contributed by atoms with Crippen molar-refractivity contribution in [1.29, 1.82) is 0 Å². The van der Waals surface area contributed by atoms with Crippen molar-refractivity contribution in [2.75, 3.05) is 7.11 Å². The lowest BCUT2D eigenvalue weighted by molar-refractivity contribution is 0.282. The molecule has 1 aliphatic carbocycles. The van der Waals surface area contributed by atoms with Gasteiger partial charge in [0.2, 0.25) is 0 Å². The normalized spacial score (nSPS) is 11.8. The molecular formula is C55H40N2O2. The molecule has 0 saturated carbocycles. The van der Waals surface area contributed by atoms with E-state index in [4.69, 9.17) is 9.72 Å². The summed E-state index contributed by atoms with van der Waals surface area (Å²) in [7, 11) is 1.72. The summed E-state index contributed by atoms with van der Waals surface area (Å²) in [5.41, 5.74) is 18.3. The lowest BCUT2D eigenvalue weighted by Crippen LogP contribution is -2.01. The number of imidazole rings is 1. The van der Waals surface area contributed by atoms with Crippen LogP contribution in [0.4, 0.5) is 0 Å². The molecule has 11 rings (SSSR count). The van der Waals surface area contributed by atoms with Crippen molar-refractivity contribution in [3.63, 3.8) is 0 Å². The molecule has 282 valence electrons. The van der Waals surface area contributed by atoms with E-state index in [9.17, 15) is 5.11 Å². The summed E-state index contributed by atoms with van der Waals surface area (Å²) < 4.78 is 7.98. The summed E-state index contributed by atoms with van der Waals surface area (Å²) >= 11 is 0. The second kappa shape index (κ2) is 14.0. The maximum atomic E-state index is 9.97. The van der Waals surface area contributed by atoms with Gasteiger partial charge in [-0.05, 0) is 131 Å². The van der Waals surface area contributed by atoms with E-state index in [-0.39, 0.29) is 6.61 Å². The highest BCUT2D eigenvalue weighted by atomic mass is 16.5. The van der Waals surface area contributed by atoms with Gasteiger partial charge in [-0.15, -0.1) is 0 Å². The van der Waals surface area contributed by atoms with Crippen molar-refractivity contribution in [2.45, 2.75) is 20.0 Å². The van der Waals surface area contributed by atoms with E-state index in [2.05, 4.69) is 175 Å². The number of rotatable bonds is 8. The number of ether oxygens (including phenoxy) is 1.